The van der Waals surface area contributed by atoms with Gasteiger partial charge in [-0.15, -0.1) is 24.0 Å². The Labute approximate surface area is 196 Å². The van der Waals surface area contributed by atoms with Gasteiger partial charge in [-0.2, -0.15) is 0 Å². The van der Waals surface area contributed by atoms with Gasteiger partial charge in [0.05, 0.1) is 19.0 Å². The quantitative estimate of drug-likeness (QED) is 0.223. The number of rotatable bonds is 9. The Balaban J connectivity index is 0.00000320. The van der Waals surface area contributed by atoms with Crippen molar-refractivity contribution >= 4 is 29.9 Å². The van der Waals surface area contributed by atoms with Crippen LogP contribution in [0.25, 0.3) is 0 Å². The van der Waals surface area contributed by atoms with Crippen molar-refractivity contribution in [3.8, 4) is 0 Å². The summed E-state index contributed by atoms with van der Waals surface area (Å²) in [5.41, 5.74) is 2.51. The number of guanidine groups is 1. The highest BCUT2D eigenvalue weighted by Crippen LogP contribution is 2.33. The average molecular weight is 527 g/mol. The summed E-state index contributed by atoms with van der Waals surface area (Å²) in [6.45, 7) is 5.76. The molecule has 1 aromatic carbocycles. The fourth-order valence-corrected chi connectivity index (χ4v) is 3.57. The van der Waals surface area contributed by atoms with E-state index in [9.17, 15) is 0 Å². The minimum absolute atomic E-state index is 0. The van der Waals surface area contributed by atoms with E-state index in [-0.39, 0.29) is 30.1 Å². The van der Waals surface area contributed by atoms with Crippen LogP contribution in [-0.2, 0) is 15.9 Å². The van der Waals surface area contributed by atoms with Crippen molar-refractivity contribution in [3.63, 3.8) is 0 Å². The van der Waals surface area contributed by atoms with Crippen LogP contribution in [0.15, 0.2) is 52.1 Å². The number of methoxy groups -OCH3 is 1. The highest BCUT2D eigenvalue weighted by Gasteiger charge is 2.27. The SMILES string of the molecule is COCCNC(=NCC1CCCOC1c1ccc(C)cc1)NCCc1ccco1.I. The lowest BCUT2D eigenvalue weighted by Gasteiger charge is -2.31. The van der Waals surface area contributed by atoms with Crippen LogP contribution in [0, 0.1) is 12.8 Å². The maximum absolute atomic E-state index is 6.13. The number of halogens is 1. The third-order valence-corrected chi connectivity index (χ3v) is 5.18. The van der Waals surface area contributed by atoms with Crippen LogP contribution < -0.4 is 10.6 Å². The number of benzene rings is 1. The van der Waals surface area contributed by atoms with Gasteiger partial charge < -0.3 is 24.5 Å². The number of nitrogens with one attached hydrogen (secondary N) is 2. The van der Waals surface area contributed by atoms with Crippen LogP contribution in [-0.4, -0.2) is 45.9 Å². The molecule has 1 aliphatic rings. The molecular weight excluding hydrogens is 493 g/mol. The van der Waals surface area contributed by atoms with Gasteiger partial charge in [-0.25, -0.2) is 0 Å². The van der Waals surface area contributed by atoms with Gasteiger partial charge in [-0.1, -0.05) is 29.8 Å². The molecule has 2 heterocycles. The standard InChI is InChI=1S/C23H33N3O3.HI/c1-18-7-9-19(10-8-18)22-20(5-3-15-29-22)17-26-23(25-13-16-27-2)24-12-11-21-6-4-14-28-21;/h4,6-10,14,20,22H,3,5,11-13,15-17H2,1-2H3,(H2,24,25,26);1H. The Bertz CT molecular complexity index is 735. The summed E-state index contributed by atoms with van der Waals surface area (Å²) in [7, 11) is 1.70. The Morgan fingerprint density at radius 1 is 1.17 bits per heavy atom. The molecule has 2 unspecified atom stereocenters. The lowest BCUT2D eigenvalue weighted by atomic mass is 9.89. The van der Waals surface area contributed by atoms with Gasteiger partial charge in [0, 0.05) is 45.7 Å². The second-order valence-corrected chi connectivity index (χ2v) is 7.47. The van der Waals surface area contributed by atoms with Crippen molar-refractivity contribution in [1.29, 1.82) is 0 Å². The molecule has 2 atom stereocenters. The first-order chi connectivity index (χ1) is 14.3. The summed E-state index contributed by atoms with van der Waals surface area (Å²) >= 11 is 0. The highest BCUT2D eigenvalue weighted by atomic mass is 127. The first-order valence-corrected chi connectivity index (χ1v) is 10.5. The van der Waals surface area contributed by atoms with Crippen molar-refractivity contribution in [2.45, 2.75) is 32.3 Å². The second kappa shape index (κ2) is 13.7. The van der Waals surface area contributed by atoms with Crippen LogP contribution in [0.5, 0.6) is 0 Å². The third kappa shape index (κ3) is 7.92. The van der Waals surface area contributed by atoms with Gasteiger partial charge in [-0.3, -0.25) is 4.99 Å². The van der Waals surface area contributed by atoms with Gasteiger partial charge in [-0.05, 0) is 37.5 Å². The number of nitrogens with zero attached hydrogens (tertiary/aromatic N) is 1. The topological polar surface area (TPSA) is 68.0 Å². The summed E-state index contributed by atoms with van der Waals surface area (Å²) in [5.74, 6) is 2.15. The number of hydrogen-bond acceptors (Lipinski definition) is 4. The molecule has 1 aromatic heterocycles. The monoisotopic (exact) mass is 527 g/mol. The average Bonchev–Trinajstić information content (AvgIpc) is 3.26. The molecule has 0 amide bonds. The number of furan rings is 1. The number of aliphatic imine (C=N–C) groups is 1. The van der Waals surface area contributed by atoms with Crippen molar-refractivity contribution < 1.29 is 13.9 Å². The zero-order valence-corrected chi connectivity index (χ0v) is 20.3. The Morgan fingerprint density at radius 2 is 1.97 bits per heavy atom. The number of aryl methyl sites for hydroxylation is 1. The van der Waals surface area contributed by atoms with Gasteiger partial charge in [0.2, 0.25) is 0 Å². The Kier molecular flexibility index (Phi) is 11.2. The fraction of sp³-hybridized carbons (Fsp3) is 0.522. The molecule has 0 spiro atoms. The van der Waals surface area contributed by atoms with Crippen molar-refractivity contribution in [1.82, 2.24) is 10.6 Å². The molecule has 30 heavy (non-hydrogen) atoms. The molecule has 7 heteroatoms. The van der Waals surface area contributed by atoms with E-state index in [0.29, 0.717) is 19.1 Å². The highest BCUT2D eigenvalue weighted by molar-refractivity contribution is 14.0. The Hall–Kier alpha value is -1.58. The molecule has 0 saturated carbocycles. The summed E-state index contributed by atoms with van der Waals surface area (Å²) in [6, 6.07) is 12.6. The molecule has 1 aliphatic heterocycles. The number of hydrogen-bond donors (Lipinski definition) is 2. The molecular formula is C23H34IN3O3. The molecule has 0 aliphatic carbocycles. The van der Waals surface area contributed by atoms with Gasteiger partial charge in [0.1, 0.15) is 5.76 Å². The van der Waals surface area contributed by atoms with Crippen molar-refractivity contribution in [3.05, 3.63) is 59.5 Å². The van der Waals surface area contributed by atoms with E-state index < -0.39 is 0 Å². The van der Waals surface area contributed by atoms with E-state index in [4.69, 9.17) is 18.9 Å². The smallest absolute Gasteiger partial charge is 0.191 e. The van der Waals surface area contributed by atoms with Crippen LogP contribution in [0.2, 0.25) is 0 Å². The Morgan fingerprint density at radius 3 is 2.70 bits per heavy atom. The van der Waals surface area contributed by atoms with E-state index in [1.807, 2.05) is 12.1 Å². The van der Waals surface area contributed by atoms with E-state index in [0.717, 1.165) is 50.7 Å². The summed E-state index contributed by atoms with van der Waals surface area (Å²) in [5, 5.41) is 6.75. The molecule has 1 fully saturated rings. The first kappa shape index (κ1) is 24.7. The van der Waals surface area contributed by atoms with Gasteiger partial charge in [0.15, 0.2) is 5.96 Å². The maximum atomic E-state index is 6.13. The van der Waals surface area contributed by atoms with E-state index in [1.54, 1.807) is 13.4 Å². The van der Waals surface area contributed by atoms with Crippen LogP contribution in [0.1, 0.15) is 35.8 Å². The lowest BCUT2D eigenvalue weighted by Crippen LogP contribution is -2.40. The first-order valence-electron chi connectivity index (χ1n) is 10.5. The van der Waals surface area contributed by atoms with E-state index in [2.05, 4.69) is 41.8 Å². The summed E-state index contributed by atoms with van der Waals surface area (Å²) < 4.78 is 16.7. The molecule has 0 bridgehead atoms. The van der Waals surface area contributed by atoms with Crippen LogP contribution in [0.3, 0.4) is 0 Å². The molecule has 3 rings (SSSR count). The molecule has 0 radical (unpaired) electrons. The van der Waals surface area contributed by atoms with Crippen LogP contribution >= 0.6 is 24.0 Å². The molecule has 2 aromatic rings. The molecule has 1 saturated heterocycles. The molecule has 166 valence electrons. The predicted octanol–water partition coefficient (Wildman–Crippen LogP) is 4.10. The molecule has 2 N–H and O–H groups in total. The fourth-order valence-electron chi connectivity index (χ4n) is 3.57. The largest absolute Gasteiger partial charge is 0.469 e. The van der Waals surface area contributed by atoms with Crippen molar-refractivity contribution in [2.75, 3.05) is 40.0 Å². The van der Waals surface area contributed by atoms with Gasteiger partial charge >= 0.3 is 0 Å². The zero-order valence-electron chi connectivity index (χ0n) is 17.9. The minimum Gasteiger partial charge on any atom is -0.469 e. The maximum Gasteiger partial charge on any atom is 0.191 e. The molecule has 6 nitrogen and oxygen atoms in total. The lowest BCUT2D eigenvalue weighted by molar-refractivity contribution is -0.0250. The van der Waals surface area contributed by atoms with Crippen LogP contribution in [0.4, 0.5) is 0 Å². The predicted molar refractivity (Wildman–Crippen MR) is 131 cm³/mol. The minimum atomic E-state index is 0. The number of ether oxygens (including phenoxy) is 2. The van der Waals surface area contributed by atoms with Gasteiger partial charge in [0.25, 0.3) is 0 Å². The second-order valence-electron chi connectivity index (χ2n) is 7.47. The summed E-state index contributed by atoms with van der Waals surface area (Å²) in [4.78, 5) is 4.86. The summed E-state index contributed by atoms with van der Waals surface area (Å²) in [6.07, 6.45) is 4.84. The zero-order chi connectivity index (χ0) is 20.3. The third-order valence-electron chi connectivity index (χ3n) is 5.18. The normalized spacial score (nSPS) is 19.2. The van der Waals surface area contributed by atoms with Crippen molar-refractivity contribution in [2.24, 2.45) is 10.9 Å². The van der Waals surface area contributed by atoms with E-state index >= 15 is 0 Å². The van der Waals surface area contributed by atoms with E-state index in [1.165, 1.54) is 11.1 Å².